The number of anilines is 1. The summed E-state index contributed by atoms with van der Waals surface area (Å²) in [6, 6.07) is 11.9. The Morgan fingerprint density at radius 2 is 2.05 bits per heavy atom. The Balaban J connectivity index is 2.00. The van der Waals surface area contributed by atoms with Crippen LogP contribution in [0.15, 0.2) is 46.9 Å². The van der Waals surface area contributed by atoms with Crippen LogP contribution in [-0.4, -0.2) is 12.5 Å². The summed E-state index contributed by atoms with van der Waals surface area (Å²) in [5, 5.41) is 0. The number of aryl methyl sites for hydroxylation is 1. The fourth-order valence-electron chi connectivity index (χ4n) is 2.54. The lowest BCUT2D eigenvalue weighted by molar-refractivity contribution is 0.0985. The number of hydrogen-bond acceptors (Lipinski definition) is 1. The van der Waals surface area contributed by atoms with Crippen LogP contribution in [0.5, 0.6) is 0 Å². The molecule has 0 fully saturated rings. The summed E-state index contributed by atoms with van der Waals surface area (Å²) in [6.45, 7) is 0.627. The van der Waals surface area contributed by atoms with Crippen molar-refractivity contribution in [2.75, 3.05) is 11.4 Å². The third-order valence-electron chi connectivity index (χ3n) is 3.48. The molecule has 2 aromatic carbocycles. The molecule has 1 aliphatic heterocycles. The van der Waals surface area contributed by atoms with Crippen molar-refractivity contribution in [1.82, 2.24) is 0 Å². The van der Waals surface area contributed by atoms with Gasteiger partial charge in [0, 0.05) is 16.6 Å². The van der Waals surface area contributed by atoms with Gasteiger partial charge < -0.3 is 4.90 Å². The van der Waals surface area contributed by atoms with Crippen molar-refractivity contribution in [2.24, 2.45) is 0 Å². The summed E-state index contributed by atoms with van der Waals surface area (Å²) in [6.07, 6.45) is 1.79. The molecule has 1 aliphatic rings. The van der Waals surface area contributed by atoms with Crippen LogP contribution in [0, 0.1) is 5.82 Å². The second-order valence-electron chi connectivity index (χ2n) is 4.84. The second-order valence-corrected chi connectivity index (χ2v) is 5.76. The molecule has 0 spiro atoms. The van der Waals surface area contributed by atoms with E-state index in [-0.39, 0.29) is 11.7 Å². The van der Waals surface area contributed by atoms with Crippen LogP contribution in [0.4, 0.5) is 10.1 Å². The number of hydrogen-bond donors (Lipinski definition) is 0. The molecule has 1 amide bonds. The van der Waals surface area contributed by atoms with E-state index in [4.69, 9.17) is 0 Å². The van der Waals surface area contributed by atoms with Gasteiger partial charge in [0.2, 0.25) is 0 Å². The number of nitrogens with zero attached hydrogens (tertiary/aromatic N) is 1. The number of rotatable bonds is 1. The molecule has 102 valence electrons. The fraction of sp³-hybridized carbons (Fsp3) is 0.188. The maximum Gasteiger partial charge on any atom is 0.258 e. The highest BCUT2D eigenvalue weighted by Gasteiger charge is 2.24. The molecule has 2 nitrogen and oxygen atoms in total. The first-order valence-corrected chi connectivity index (χ1v) is 7.30. The normalized spacial score (nSPS) is 14.0. The quantitative estimate of drug-likeness (QED) is 0.766. The highest BCUT2D eigenvalue weighted by Crippen LogP contribution is 2.29. The maximum absolute atomic E-state index is 13.5. The first-order valence-electron chi connectivity index (χ1n) is 6.51. The number of carbonyl (C=O) groups is 1. The van der Waals surface area contributed by atoms with Crippen molar-refractivity contribution < 1.29 is 9.18 Å². The smallest absolute Gasteiger partial charge is 0.258 e. The largest absolute Gasteiger partial charge is 0.308 e. The minimum absolute atomic E-state index is 0.0853. The van der Waals surface area contributed by atoms with Crippen LogP contribution < -0.4 is 4.90 Å². The van der Waals surface area contributed by atoms with Gasteiger partial charge in [-0.2, -0.15) is 0 Å². The summed E-state index contributed by atoms with van der Waals surface area (Å²) in [5.41, 5.74) is 2.33. The predicted octanol–water partition coefficient (Wildman–Crippen LogP) is 4.18. The summed E-state index contributed by atoms with van der Waals surface area (Å²) in [5.74, 6) is -0.393. The average Bonchev–Trinajstić information content (AvgIpc) is 2.46. The van der Waals surface area contributed by atoms with Crippen LogP contribution in [0.2, 0.25) is 0 Å². The monoisotopic (exact) mass is 333 g/mol. The van der Waals surface area contributed by atoms with E-state index in [1.807, 2.05) is 12.1 Å². The number of benzene rings is 2. The number of fused-ring (bicyclic) bond motifs is 1. The van der Waals surface area contributed by atoms with Gasteiger partial charge in [0.05, 0.1) is 5.69 Å². The van der Waals surface area contributed by atoms with Crippen LogP contribution >= 0.6 is 15.9 Å². The first kappa shape index (κ1) is 13.3. The third kappa shape index (κ3) is 2.48. The topological polar surface area (TPSA) is 20.3 Å². The Labute approximate surface area is 125 Å². The lowest BCUT2D eigenvalue weighted by Crippen LogP contribution is -2.35. The Hall–Kier alpha value is -1.68. The molecule has 0 unspecified atom stereocenters. The van der Waals surface area contributed by atoms with Gasteiger partial charge in [-0.1, -0.05) is 28.1 Å². The van der Waals surface area contributed by atoms with E-state index >= 15 is 0 Å². The molecule has 0 saturated carbocycles. The summed E-state index contributed by atoms with van der Waals surface area (Å²) in [4.78, 5) is 14.3. The van der Waals surface area contributed by atoms with E-state index in [1.54, 1.807) is 23.1 Å². The summed E-state index contributed by atoms with van der Waals surface area (Å²) >= 11 is 3.37. The van der Waals surface area contributed by atoms with Crippen molar-refractivity contribution in [2.45, 2.75) is 12.8 Å². The predicted molar refractivity (Wildman–Crippen MR) is 80.5 cm³/mol. The molecule has 0 atom stereocenters. The Morgan fingerprint density at radius 3 is 2.85 bits per heavy atom. The Bertz CT molecular complexity index is 671. The highest BCUT2D eigenvalue weighted by atomic mass is 79.9. The van der Waals surface area contributed by atoms with Crippen molar-refractivity contribution >= 4 is 27.5 Å². The van der Waals surface area contributed by atoms with Crippen molar-refractivity contribution in [1.29, 1.82) is 0 Å². The van der Waals surface area contributed by atoms with Gasteiger partial charge in [-0.15, -0.1) is 0 Å². The first-order chi connectivity index (χ1) is 9.65. The zero-order valence-corrected chi connectivity index (χ0v) is 12.4. The van der Waals surface area contributed by atoms with E-state index in [0.29, 0.717) is 17.8 Å². The molecule has 0 bridgehead atoms. The molecule has 4 heteroatoms. The molecule has 0 radical (unpaired) electrons. The molecule has 0 aliphatic carbocycles. The minimum Gasteiger partial charge on any atom is -0.308 e. The zero-order chi connectivity index (χ0) is 14.1. The van der Waals surface area contributed by atoms with Gasteiger partial charge in [0.15, 0.2) is 0 Å². The van der Waals surface area contributed by atoms with E-state index < -0.39 is 0 Å². The van der Waals surface area contributed by atoms with Gasteiger partial charge in [0.1, 0.15) is 5.82 Å². The Morgan fingerprint density at radius 1 is 1.20 bits per heavy atom. The van der Waals surface area contributed by atoms with Crippen LogP contribution in [-0.2, 0) is 6.42 Å². The molecular formula is C16H13BrFNO. The maximum atomic E-state index is 13.5. The van der Waals surface area contributed by atoms with E-state index in [1.165, 1.54) is 12.1 Å². The SMILES string of the molecule is O=C(c1cccc(Br)c1)N1CCCc2ccc(F)cc21. The number of amides is 1. The molecule has 20 heavy (non-hydrogen) atoms. The van der Waals surface area contributed by atoms with Gasteiger partial charge in [-0.05, 0) is 48.7 Å². The van der Waals surface area contributed by atoms with Gasteiger partial charge >= 0.3 is 0 Å². The van der Waals surface area contributed by atoms with Gasteiger partial charge in [-0.25, -0.2) is 4.39 Å². The van der Waals surface area contributed by atoms with E-state index in [9.17, 15) is 9.18 Å². The second kappa shape index (κ2) is 5.37. The highest BCUT2D eigenvalue weighted by molar-refractivity contribution is 9.10. The van der Waals surface area contributed by atoms with Gasteiger partial charge in [0.25, 0.3) is 5.91 Å². The molecule has 3 rings (SSSR count). The third-order valence-corrected chi connectivity index (χ3v) is 3.98. The molecule has 1 heterocycles. The van der Waals surface area contributed by atoms with E-state index in [2.05, 4.69) is 15.9 Å². The summed E-state index contributed by atoms with van der Waals surface area (Å²) in [7, 11) is 0. The molecule has 0 aromatic heterocycles. The fourth-order valence-corrected chi connectivity index (χ4v) is 2.94. The molecule has 0 saturated heterocycles. The van der Waals surface area contributed by atoms with Crippen molar-refractivity contribution in [3.63, 3.8) is 0 Å². The standard InChI is InChI=1S/C16H13BrFNO/c17-13-5-1-3-12(9-13)16(20)19-8-2-4-11-6-7-14(18)10-15(11)19/h1,3,5-7,9-10H,2,4,8H2. The molecule has 0 N–H and O–H groups in total. The number of halogens is 2. The average molecular weight is 334 g/mol. The van der Waals surface area contributed by atoms with Gasteiger partial charge in [-0.3, -0.25) is 4.79 Å². The van der Waals surface area contributed by atoms with Crippen LogP contribution in [0.3, 0.4) is 0 Å². The van der Waals surface area contributed by atoms with Crippen LogP contribution in [0.25, 0.3) is 0 Å². The van der Waals surface area contributed by atoms with Crippen molar-refractivity contribution in [3.05, 3.63) is 63.9 Å². The number of carbonyl (C=O) groups excluding carboxylic acids is 1. The zero-order valence-electron chi connectivity index (χ0n) is 10.8. The molecular weight excluding hydrogens is 321 g/mol. The minimum atomic E-state index is -0.308. The van der Waals surface area contributed by atoms with Crippen molar-refractivity contribution in [3.8, 4) is 0 Å². The van der Waals surface area contributed by atoms with Crippen LogP contribution in [0.1, 0.15) is 22.3 Å². The Kier molecular flexibility index (Phi) is 3.57. The lowest BCUT2D eigenvalue weighted by atomic mass is 10.0. The lowest BCUT2D eigenvalue weighted by Gasteiger charge is -2.29. The van der Waals surface area contributed by atoms with E-state index in [0.717, 1.165) is 22.9 Å². The molecule has 2 aromatic rings. The summed E-state index contributed by atoms with van der Waals surface area (Å²) < 4.78 is 14.3.